The third kappa shape index (κ3) is 5.43. The SMILES string of the molecule is O=C(c1ccc2c(c1)cc(C(=O)N1CCS(O)(O)CC1)n2-c1cccc(Cl)c1)N1CCN(C2CCCC2)CC1. The standard InChI is InChI=1S/C29H35ClN4O4S/c30-23-4-3-7-25(20-23)34-26-9-8-21(28(35)32-12-10-31(11-13-32)24-5-1-2-6-24)18-22(26)19-27(34)29(36)33-14-16-39(37,38)17-15-33/h3-4,7-9,18-20,24,37-38H,1-2,5-6,10-17H2. The Morgan fingerprint density at radius 2 is 1.51 bits per heavy atom. The maximum absolute atomic E-state index is 13.7. The highest BCUT2D eigenvalue weighted by molar-refractivity contribution is 8.24. The van der Waals surface area contributed by atoms with E-state index >= 15 is 0 Å². The second-order valence-corrected chi connectivity index (χ2v) is 13.7. The molecule has 0 radical (unpaired) electrons. The molecule has 1 aliphatic carbocycles. The van der Waals surface area contributed by atoms with Gasteiger partial charge >= 0.3 is 0 Å². The van der Waals surface area contributed by atoms with Gasteiger partial charge in [-0.3, -0.25) is 23.6 Å². The van der Waals surface area contributed by atoms with Crippen LogP contribution in [0.2, 0.25) is 5.02 Å². The number of hydrogen-bond donors (Lipinski definition) is 2. The minimum Gasteiger partial charge on any atom is -0.336 e. The topological polar surface area (TPSA) is 89.2 Å². The summed E-state index contributed by atoms with van der Waals surface area (Å²) in [6.45, 7) is 3.87. The first kappa shape index (κ1) is 26.7. The zero-order chi connectivity index (χ0) is 27.1. The summed E-state index contributed by atoms with van der Waals surface area (Å²) in [7, 11) is -2.62. The molecule has 3 fully saturated rings. The molecule has 0 unspecified atom stereocenters. The lowest BCUT2D eigenvalue weighted by Crippen LogP contribution is -2.51. The van der Waals surface area contributed by atoms with Gasteiger partial charge in [0.15, 0.2) is 0 Å². The summed E-state index contributed by atoms with van der Waals surface area (Å²) in [5.41, 5.74) is 2.64. The van der Waals surface area contributed by atoms with Gasteiger partial charge in [-0.25, -0.2) is 0 Å². The van der Waals surface area contributed by atoms with Crippen molar-refractivity contribution in [1.82, 2.24) is 19.3 Å². The number of hydrogen-bond acceptors (Lipinski definition) is 5. The Kier molecular flexibility index (Phi) is 7.37. The van der Waals surface area contributed by atoms with Crippen molar-refractivity contribution in [3.8, 4) is 5.69 Å². The molecule has 0 spiro atoms. The Balaban J connectivity index is 1.29. The predicted molar refractivity (Wildman–Crippen MR) is 157 cm³/mol. The van der Waals surface area contributed by atoms with Crippen LogP contribution in [0, 0.1) is 0 Å². The number of benzene rings is 2. The van der Waals surface area contributed by atoms with Crippen molar-refractivity contribution in [1.29, 1.82) is 0 Å². The van der Waals surface area contributed by atoms with Crippen LogP contribution in [0.1, 0.15) is 46.5 Å². The molecular weight excluding hydrogens is 536 g/mol. The molecule has 6 rings (SSSR count). The maximum atomic E-state index is 13.7. The normalized spacial score (nSPS) is 21.4. The number of carbonyl (C=O) groups excluding carboxylic acids is 2. The lowest BCUT2D eigenvalue weighted by molar-refractivity contribution is 0.0573. The van der Waals surface area contributed by atoms with Crippen LogP contribution in [0.3, 0.4) is 0 Å². The van der Waals surface area contributed by atoms with Crippen molar-refractivity contribution < 1.29 is 18.7 Å². The van der Waals surface area contributed by atoms with Crippen LogP contribution in [-0.4, -0.2) is 97.0 Å². The molecule has 0 atom stereocenters. The summed E-state index contributed by atoms with van der Waals surface area (Å²) in [4.78, 5) is 33.3. The molecule has 2 amide bonds. The molecule has 8 nitrogen and oxygen atoms in total. The van der Waals surface area contributed by atoms with Gasteiger partial charge in [-0.1, -0.05) is 30.5 Å². The average Bonchev–Trinajstić information content (AvgIpc) is 3.61. The Morgan fingerprint density at radius 1 is 0.821 bits per heavy atom. The highest BCUT2D eigenvalue weighted by Gasteiger charge is 2.30. The van der Waals surface area contributed by atoms with E-state index in [-0.39, 0.29) is 36.4 Å². The number of nitrogens with zero attached hydrogens (tertiary/aromatic N) is 4. The smallest absolute Gasteiger partial charge is 0.270 e. The third-order valence-corrected chi connectivity index (χ3v) is 10.3. The molecule has 208 valence electrons. The van der Waals surface area contributed by atoms with E-state index in [1.54, 1.807) is 11.0 Å². The van der Waals surface area contributed by atoms with Crippen molar-refractivity contribution in [3.63, 3.8) is 0 Å². The van der Waals surface area contributed by atoms with Crippen LogP contribution in [-0.2, 0) is 0 Å². The fraction of sp³-hybridized carbons (Fsp3) is 0.448. The Morgan fingerprint density at radius 3 is 2.21 bits per heavy atom. The van der Waals surface area contributed by atoms with Crippen molar-refractivity contribution >= 4 is 44.9 Å². The van der Waals surface area contributed by atoms with E-state index in [0.29, 0.717) is 22.3 Å². The number of piperazine rings is 1. The largest absolute Gasteiger partial charge is 0.336 e. The van der Waals surface area contributed by atoms with Gasteiger partial charge in [0.1, 0.15) is 5.69 Å². The third-order valence-electron chi connectivity index (χ3n) is 8.44. The molecule has 3 heterocycles. The molecule has 0 bridgehead atoms. The van der Waals surface area contributed by atoms with Crippen LogP contribution in [0.4, 0.5) is 0 Å². The van der Waals surface area contributed by atoms with E-state index in [9.17, 15) is 18.7 Å². The maximum Gasteiger partial charge on any atom is 0.270 e. The number of amides is 2. The number of carbonyl (C=O) groups is 2. The molecule has 2 aliphatic heterocycles. The Bertz CT molecular complexity index is 1390. The molecule has 39 heavy (non-hydrogen) atoms. The van der Waals surface area contributed by atoms with Crippen LogP contribution < -0.4 is 0 Å². The number of aromatic nitrogens is 1. The van der Waals surface area contributed by atoms with E-state index in [2.05, 4.69) is 4.90 Å². The first-order chi connectivity index (χ1) is 18.8. The minimum absolute atomic E-state index is 0.0209. The van der Waals surface area contributed by atoms with Crippen molar-refractivity contribution in [2.45, 2.75) is 31.7 Å². The summed E-state index contributed by atoms with van der Waals surface area (Å²) >= 11 is 6.31. The molecule has 1 saturated carbocycles. The van der Waals surface area contributed by atoms with Gasteiger partial charge in [0, 0.05) is 67.0 Å². The van der Waals surface area contributed by atoms with Gasteiger partial charge in [0.05, 0.1) is 17.0 Å². The zero-order valence-electron chi connectivity index (χ0n) is 22.0. The summed E-state index contributed by atoms with van der Waals surface area (Å²) < 4.78 is 21.9. The summed E-state index contributed by atoms with van der Waals surface area (Å²) in [5, 5.41) is 1.36. The molecule has 2 saturated heterocycles. The van der Waals surface area contributed by atoms with Gasteiger partial charge in [-0.05, 0) is 55.3 Å². The van der Waals surface area contributed by atoms with Crippen molar-refractivity contribution in [3.05, 3.63) is 64.8 Å². The van der Waals surface area contributed by atoms with Crippen molar-refractivity contribution in [2.24, 2.45) is 0 Å². The quantitative estimate of drug-likeness (QED) is 0.450. The highest BCUT2D eigenvalue weighted by Crippen LogP contribution is 2.40. The fourth-order valence-electron chi connectivity index (χ4n) is 6.23. The summed E-state index contributed by atoms with van der Waals surface area (Å²) in [6.07, 6.45) is 5.17. The molecule has 2 N–H and O–H groups in total. The van der Waals surface area contributed by atoms with Gasteiger partial charge in [-0.2, -0.15) is 10.6 Å². The van der Waals surface area contributed by atoms with E-state index in [0.717, 1.165) is 42.8 Å². The Hall–Kier alpha value is -2.56. The summed E-state index contributed by atoms with van der Waals surface area (Å²) in [6, 6.07) is 15.5. The average molecular weight is 571 g/mol. The predicted octanol–water partition coefficient (Wildman–Crippen LogP) is 5.19. The van der Waals surface area contributed by atoms with E-state index in [1.807, 2.05) is 51.9 Å². The first-order valence-corrected chi connectivity index (χ1v) is 16.0. The lowest BCUT2D eigenvalue weighted by atomic mass is 10.1. The van der Waals surface area contributed by atoms with Gasteiger partial charge in [0.25, 0.3) is 11.8 Å². The van der Waals surface area contributed by atoms with Crippen LogP contribution in [0.5, 0.6) is 0 Å². The Labute approximate surface area is 235 Å². The zero-order valence-corrected chi connectivity index (χ0v) is 23.5. The molecule has 3 aliphatic rings. The lowest BCUT2D eigenvalue weighted by Gasteiger charge is -2.40. The number of halogens is 1. The van der Waals surface area contributed by atoms with E-state index < -0.39 is 10.6 Å². The van der Waals surface area contributed by atoms with E-state index in [4.69, 9.17) is 11.6 Å². The van der Waals surface area contributed by atoms with Gasteiger partial charge in [0.2, 0.25) is 0 Å². The molecular formula is C29H35ClN4O4S. The first-order valence-electron chi connectivity index (χ1n) is 13.8. The molecule has 2 aromatic carbocycles. The minimum atomic E-state index is -2.62. The fourth-order valence-corrected chi connectivity index (χ4v) is 7.65. The number of fused-ring (bicyclic) bond motifs is 1. The molecule has 10 heteroatoms. The monoisotopic (exact) mass is 570 g/mol. The van der Waals surface area contributed by atoms with Gasteiger partial charge < -0.3 is 14.4 Å². The highest BCUT2D eigenvalue weighted by atomic mass is 35.5. The molecule has 3 aromatic rings. The second kappa shape index (κ2) is 10.8. The van der Waals surface area contributed by atoms with Crippen LogP contribution >= 0.6 is 22.2 Å². The second-order valence-electron chi connectivity index (χ2n) is 10.9. The van der Waals surface area contributed by atoms with Crippen LogP contribution in [0.15, 0.2) is 48.5 Å². The van der Waals surface area contributed by atoms with Crippen molar-refractivity contribution in [2.75, 3.05) is 50.8 Å². The van der Waals surface area contributed by atoms with Crippen LogP contribution in [0.25, 0.3) is 16.6 Å². The van der Waals surface area contributed by atoms with Gasteiger partial charge in [-0.15, -0.1) is 0 Å². The molecule has 1 aromatic heterocycles. The van der Waals surface area contributed by atoms with E-state index in [1.165, 1.54) is 25.7 Å². The summed E-state index contributed by atoms with van der Waals surface area (Å²) in [5.74, 6) is 0.204. The number of rotatable bonds is 4.